The molecule has 158 valence electrons. The van der Waals surface area contributed by atoms with Crippen molar-refractivity contribution in [1.29, 1.82) is 0 Å². The van der Waals surface area contributed by atoms with Crippen molar-refractivity contribution in [3.63, 3.8) is 0 Å². The zero-order valence-electron chi connectivity index (χ0n) is 15.7. The third-order valence-electron chi connectivity index (χ3n) is 4.75. The first-order valence-electron chi connectivity index (χ1n) is 9.29. The van der Waals surface area contributed by atoms with Crippen LogP contribution in [0, 0.1) is 0 Å². The zero-order chi connectivity index (χ0) is 20.8. The standard InChI is InChI=1S/C20H23Cl2FN2O3S/c21-19(22)20(27)24-16(11-23)18(26)14-3-1-13(2-4-14)17-6-5-15(29-17)12-25-7-9-28-10-8-25/h1-6,16,18-19,26H,7-12H2,(H,24,27). The average Bonchev–Trinajstić information content (AvgIpc) is 3.20. The number of ether oxygens (including phenoxy) is 1. The van der Waals surface area contributed by atoms with Gasteiger partial charge in [0, 0.05) is 29.4 Å². The molecule has 1 amide bonds. The van der Waals surface area contributed by atoms with E-state index in [1.165, 1.54) is 4.88 Å². The first kappa shape index (κ1) is 22.5. The predicted molar refractivity (Wildman–Crippen MR) is 114 cm³/mol. The van der Waals surface area contributed by atoms with E-state index in [2.05, 4.69) is 22.3 Å². The summed E-state index contributed by atoms with van der Waals surface area (Å²) in [6, 6.07) is 10.3. The molecule has 2 unspecified atom stereocenters. The van der Waals surface area contributed by atoms with E-state index in [1.54, 1.807) is 23.5 Å². The molecule has 5 nitrogen and oxygen atoms in total. The van der Waals surface area contributed by atoms with Crippen molar-refractivity contribution in [3.8, 4) is 10.4 Å². The highest BCUT2D eigenvalue weighted by molar-refractivity contribution is 7.15. The number of nitrogens with zero attached hydrogens (tertiary/aromatic N) is 1. The number of morpholine rings is 1. The van der Waals surface area contributed by atoms with Crippen molar-refractivity contribution >= 4 is 40.4 Å². The number of amides is 1. The van der Waals surface area contributed by atoms with Crippen LogP contribution in [0.2, 0.25) is 0 Å². The first-order chi connectivity index (χ1) is 14.0. The molecule has 9 heteroatoms. The van der Waals surface area contributed by atoms with Crippen LogP contribution in [0.1, 0.15) is 16.5 Å². The Labute approximate surface area is 183 Å². The van der Waals surface area contributed by atoms with Crippen molar-refractivity contribution in [1.82, 2.24) is 10.2 Å². The molecule has 1 saturated heterocycles. The monoisotopic (exact) mass is 460 g/mol. The maximum Gasteiger partial charge on any atom is 0.253 e. The smallest absolute Gasteiger partial charge is 0.253 e. The summed E-state index contributed by atoms with van der Waals surface area (Å²) in [5, 5.41) is 12.7. The van der Waals surface area contributed by atoms with E-state index in [9.17, 15) is 14.3 Å². The number of nitrogens with one attached hydrogen (secondary N) is 1. The second-order valence-electron chi connectivity index (χ2n) is 6.79. The van der Waals surface area contributed by atoms with Crippen LogP contribution in [0.3, 0.4) is 0 Å². The van der Waals surface area contributed by atoms with Gasteiger partial charge < -0.3 is 15.2 Å². The normalized spacial score (nSPS) is 17.3. The molecule has 0 spiro atoms. The van der Waals surface area contributed by atoms with Gasteiger partial charge in [0.15, 0.2) is 4.84 Å². The Bertz CT molecular complexity index is 797. The molecule has 2 N–H and O–H groups in total. The number of halogens is 3. The molecule has 0 saturated carbocycles. The fourth-order valence-electron chi connectivity index (χ4n) is 3.12. The highest BCUT2D eigenvalue weighted by Crippen LogP contribution is 2.30. The molecule has 2 heterocycles. The topological polar surface area (TPSA) is 61.8 Å². The van der Waals surface area contributed by atoms with Crippen molar-refractivity contribution in [2.24, 2.45) is 0 Å². The first-order valence-corrected chi connectivity index (χ1v) is 11.0. The molecule has 0 aliphatic carbocycles. The highest BCUT2D eigenvalue weighted by atomic mass is 35.5. The van der Waals surface area contributed by atoms with Crippen LogP contribution in [0.15, 0.2) is 36.4 Å². The molecule has 1 aliphatic rings. The van der Waals surface area contributed by atoms with Gasteiger partial charge in [-0.3, -0.25) is 9.69 Å². The number of hydrogen-bond acceptors (Lipinski definition) is 5. The molecule has 1 aromatic heterocycles. The lowest BCUT2D eigenvalue weighted by molar-refractivity contribution is -0.121. The molecule has 3 rings (SSSR count). The number of thiophene rings is 1. The second-order valence-corrected chi connectivity index (χ2v) is 9.06. The number of aliphatic hydroxyl groups is 1. The third-order valence-corrected chi connectivity index (χ3v) is 6.27. The van der Waals surface area contributed by atoms with E-state index < -0.39 is 29.6 Å². The van der Waals surface area contributed by atoms with Gasteiger partial charge in [-0.05, 0) is 23.3 Å². The van der Waals surface area contributed by atoms with Crippen molar-refractivity contribution in [2.45, 2.75) is 23.5 Å². The summed E-state index contributed by atoms with van der Waals surface area (Å²) < 4.78 is 18.7. The quantitative estimate of drug-likeness (QED) is 0.591. The molecule has 2 atom stereocenters. The van der Waals surface area contributed by atoms with Gasteiger partial charge in [0.05, 0.1) is 19.3 Å². The van der Waals surface area contributed by atoms with E-state index in [1.807, 2.05) is 12.1 Å². The maximum absolute atomic E-state index is 13.3. The fourth-order valence-corrected chi connectivity index (χ4v) is 4.30. The molecule has 1 aromatic carbocycles. The van der Waals surface area contributed by atoms with Gasteiger partial charge in [-0.15, -0.1) is 11.3 Å². The Balaban J connectivity index is 1.64. The van der Waals surface area contributed by atoms with Gasteiger partial charge in [0.2, 0.25) is 0 Å². The van der Waals surface area contributed by atoms with E-state index in [4.69, 9.17) is 27.9 Å². The van der Waals surface area contributed by atoms with E-state index in [-0.39, 0.29) is 0 Å². The lowest BCUT2D eigenvalue weighted by Gasteiger charge is -2.25. The maximum atomic E-state index is 13.3. The minimum atomic E-state index is -1.32. The number of carbonyl (C=O) groups is 1. The summed E-state index contributed by atoms with van der Waals surface area (Å²) in [6.45, 7) is 3.41. The van der Waals surface area contributed by atoms with E-state index in [0.717, 1.165) is 43.3 Å². The molecule has 0 bridgehead atoms. The number of aliphatic hydroxyl groups excluding tert-OH is 1. The molecule has 29 heavy (non-hydrogen) atoms. The molecule has 1 aliphatic heterocycles. The summed E-state index contributed by atoms with van der Waals surface area (Å²) in [4.78, 5) is 15.0. The largest absolute Gasteiger partial charge is 0.386 e. The molecular formula is C20H23Cl2FN2O3S. The van der Waals surface area contributed by atoms with Gasteiger partial charge in [-0.1, -0.05) is 47.5 Å². The average molecular weight is 461 g/mol. The minimum absolute atomic E-state index is 0.502. The number of benzene rings is 1. The van der Waals surface area contributed by atoms with Crippen LogP contribution in [-0.2, 0) is 16.1 Å². The van der Waals surface area contributed by atoms with Gasteiger partial charge in [-0.25, -0.2) is 4.39 Å². The van der Waals surface area contributed by atoms with Crippen LogP contribution < -0.4 is 5.32 Å². The molecule has 2 aromatic rings. The summed E-state index contributed by atoms with van der Waals surface area (Å²) in [7, 11) is 0. The Morgan fingerprint density at radius 1 is 1.21 bits per heavy atom. The molecule has 1 fully saturated rings. The van der Waals surface area contributed by atoms with E-state index >= 15 is 0 Å². The van der Waals surface area contributed by atoms with Crippen LogP contribution in [-0.4, -0.2) is 59.8 Å². The van der Waals surface area contributed by atoms with Crippen molar-refractivity contribution < 1.29 is 19.0 Å². The minimum Gasteiger partial charge on any atom is -0.386 e. The Hall–Kier alpha value is -1.22. The Morgan fingerprint density at radius 3 is 2.52 bits per heavy atom. The van der Waals surface area contributed by atoms with Crippen LogP contribution in [0.4, 0.5) is 4.39 Å². The van der Waals surface area contributed by atoms with Crippen molar-refractivity contribution in [3.05, 3.63) is 46.8 Å². The number of rotatable bonds is 8. The lowest BCUT2D eigenvalue weighted by atomic mass is 10.0. The van der Waals surface area contributed by atoms with Gasteiger partial charge in [-0.2, -0.15) is 0 Å². The predicted octanol–water partition coefficient (Wildman–Crippen LogP) is 3.54. The molecule has 0 radical (unpaired) electrons. The molecular weight excluding hydrogens is 438 g/mol. The van der Waals surface area contributed by atoms with Crippen LogP contribution in [0.25, 0.3) is 10.4 Å². The number of carbonyl (C=O) groups excluding carboxylic acids is 1. The summed E-state index contributed by atoms with van der Waals surface area (Å²) in [5.41, 5.74) is 1.52. The summed E-state index contributed by atoms with van der Waals surface area (Å²) in [5.74, 6) is -0.738. The van der Waals surface area contributed by atoms with Crippen LogP contribution >= 0.6 is 34.5 Å². The summed E-state index contributed by atoms with van der Waals surface area (Å²) in [6.07, 6.45) is -1.20. The Morgan fingerprint density at radius 2 is 1.90 bits per heavy atom. The van der Waals surface area contributed by atoms with E-state index in [0.29, 0.717) is 5.56 Å². The lowest BCUT2D eigenvalue weighted by Crippen LogP contribution is -2.43. The number of hydrogen-bond donors (Lipinski definition) is 2. The van der Waals surface area contributed by atoms with Crippen LogP contribution in [0.5, 0.6) is 0 Å². The summed E-state index contributed by atoms with van der Waals surface area (Å²) >= 11 is 12.7. The second kappa shape index (κ2) is 10.7. The third kappa shape index (κ3) is 6.13. The highest BCUT2D eigenvalue weighted by Gasteiger charge is 2.25. The van der Waals surface area contributed by atoms with Crippen molar-refractivity contribution in [2.75, 3.05) is 33.0 Å². The van der Waals surface area contributed by atoms with Gasteiger partial charge >= 0.3 is 0 Å². The number of alkyl halides is 3. The SMILES string of the molecule is O=C(NC(CF)C(O)c1ccc(-c2ccc(CN3CCOCC3)s2)cc1)C(Cl)Cl. The Kier molecular flexibility index (Phi) is 8.29. The van der Waals surface area contributed by atoms with Gasteiger partial charge in [0.1, 0.15) is 12.8 Å². The fraction of sp³-hybridized carbons (Fsp3) is 0.450. The zero-order valence-corrected chi connectivity index (χ0v) is 18.0. The van der Waals surface area contributed by atoms with Gasteiger partial charge in [0.25, 0.3) is 5.91 Å².